The van der Waals surface area contributed by atoms with Gasteiger partial charge in [-0.1, -0.05) is 54.1 Å². The lowest BCUT2D eigenvalue weighted by atomic mass is 10.0. The number of nitrogens with zero attached hydrogens (tertiary/aromatic N) is 2. The summed E-state index contributed by atoms with van der Waals surface area (Å²) >= 11 is 6.05. The van der Waals surface area contributed by atoms with Gasteiger partial charge in [0.15, 0.2) is 0 Å². The number of hydrogen-bond acceptors (Lipinski definition) is 3. The number of piperazine rings is 1. The molecule has 6 heteroatoms. The number of carbonyl (C=O) groups is 1. The van der Waals surface area contributed by atoms with Gasteiger partial charge in [-0.3, -0.25) is 4.90 Å². The molecule has 1 unspecified atom stereocenters. The molecule has 5 nitrogen and oxygen atoms in total. The summed E-state index contributed by atoms with van der Waals surface area (Å²) in [6.07, 6.45) is 0. The van der Waals surface area contributed by atoms with Crippen molar-refractivity contribution >= 4 is 17.6 Å². The van der Waals surface area contributed by atoms with Crippen LogP contribution in [0.3, 0.4) is 0 Å². The first-order valence-electron chi connectivity index (χ1n) is 9.35. The van der Waals surface area contributed by atoms with Crippen LogP contribution >= 0.6 is 11.6 Å². The van der Waals surface area contributed by atoms with Gasteiger partial charge in [0, 0.05) is 44.3 Å². The van der Waals surface area contributed by atoms with Gasteiger partial charge >= 0.3 is 6.03 Å². The molecule has 1 aliphatic heterocycles. The van der Waals surface area contributed by atoms with Crippen molar-refractivity contribution in [1.82, 2.24) is 20.4 Å². The van der Waals surface area contributed by atoms with Crippen LogP contribution in [-0.2, 0) is 6.54 Å². The van der Waals surface area contributed by atoms with Gasteiger partial charge in [-0.15, -0.1) is 0 Å². The Balaban J connectivity index is 1.59. The molecule has 0 aliphatic carbocycles. The number of halogens is 1. The molecule has 0 spiro atoms. The van der Waals surface area contributed by atoms with E-state index in [4.69, 9.17) is 11.6 Å². The van der Waals surface area contributed by atoms with Crippen molar-refractivity contribution in [2.24, 2.45) is 0 Å². The van der Waals surface area contributed by atoms with Crippen molar-refractivity contribution in [1.29, 1.82) is 0 Å². The molecule has 2 aromatic rings. The molecular formula is C21H27ClN4O. The van der Waals surface area contributed by atoms with Crippen LogP contribution in [0.4, 0.5) is 4.79 Å². The predicted octanol–water partition coefficient (Wildman–Crippen LogP) is 3.13. The van der Waals surface area contributed by atoms with E-state index in [-0.39, 0.29) is 12.1 Å². The van der Waals surface area contributed by atoms with Crippen LogP contribution in [0.1, 0.15) is 17.2 Å². The molecule has 2 aromatic carbocycles. The maximum atomic E-state index is 12.3. The zero-order valence-corrected chi connectivity index (χ0v) is 16.5. The quantitative estimate of drug-likeness (QED) is 0.801. The number of urea groups is 1. The monoisotopic (exact) mass is 386 g/mol. The Bertz CT molecular complexity index is 715. The first-order valence-corrected chi connectivity index (χ1v) is 9.73. The molecule has 0 aromatic heterocycles. The summed E-state index contributed by atoms with van der Waals surface area (Å²) in [5.41, 5.74) is 2.26. The Hall–Kier alpha value is -2.08. The largest absolute Gasteiger partial charge is 0.336 e. The molecule has 0 bridgehead atoms. The van der Waals surface area contributed by atoms with Crippen molar-refractivity contribution in [2.75, 3.05) is 39.8 Å². The second-order valence-electron chi connectivity index (χ2n) is 6.96. The van der Waals surface area contributed by atoms with E-state index < -0.39 is 0 Å². The standard InChI is InChI=1S/C21H27ClN4O/c1-25-11-13-26(14-12-25)20(18-7-9-19(22)10-8-18)16-24-21(27)23-15-17-5-3-2-4-6-17/h2-10,20H,11-16H2,1H3,(H2,23,24,27). The topological polar surface area (TPSA) is 47.6 Å². The number of amides is 2. The Morgan fingerprint density at radius 1 is 1.00 bits per heavy atom. The lowest BCUT2D eigenvalue weighted by molar-refractivity contribution is 0.111. The maximum absolute atomic E-state index is 12.3. The number of carbonyl (C=O) groups excluding carboxylic acids is 1. The van der Waals surface area contributed by atoms with Gasteiger partial charge in [-0.2, -0.15) is 0 Å². The lowest BCUT2D eigenvalue weighted by Gasteiger charge is -2.38. The van der Waals surface area contributed by atoms with Crippen LogP contribution in [0.5, 0.6) is 0 Å². The molecule has 1 saturated heterocycles. The van der Waals surface area contributed by atoms with E-state index in [0.717, 1.165) is 36.8 Å². The first-order chi connectivity index (χ1) is 13.1. The normalized spacial score (nSPS) is 16.7. The summed E-state index contributed by atoms with van der Waals surface area (Å²) in [4.78, 5) is 17.0. The van der Waals surface area contributed by atoms with E-state index in [0.29, 0.717) is 13.1 Å². The third kappa shape index (κ3) is 5.96. The summed E-state index contributed by atoms with van der Waals surface area (Å²) < 4.78 is 0. The molecule has 2 amide bonds. The molecule has 2 N–H and O–H groups in total. The fourth-order valence-corrected chi connectivity index (χ4v) is 3.43. The van der Waals surface area contributed by atoms with Crippen molar-refractivity contribution in [2.45, 2.75) is 12.6 Å². The fourth-order valence-electron chi connectivity index (χ4n) is 3.31. The molecular weight excluding hydrogens is 360 g/mol. The lowest BCUT2D eigenvalue weighted by Crippen LogP contribution is -2.49. The first kappa shape index (κ1) is 19.7. The second kappa shape index (κ2) is 9.74. The maximum Gasteiger partial charge on any atom is 0.315 e. The van der Waals surface area contributed by atoms with E-state index in [9.17, 15) is 4.79 Å². The highest BCUT2D eigenvalue weighted by Crippen LogP contribution is 2.23. The Kier molecular flexibility index (Phi) is 7.10. The molecule has 1 aliphatic rings. The predicted molar refractivity (Wildman–Crippen MR) is 110 cm³/mol. The van der Waals surface area contributed by atoms with Gasteiger partial charge in [0.2, 0.25) is 0 Å². The zero-order chi connectivity index (χ0) is 19.1. The summed E-state index contributed by atoms with van der Waals surface area (Å²) in [5.74, 6) is 0. The van der Waals surface area contributed by atoms with E-state index in [1.54, 1.807) is 0 Å². The Labute approximate surface area is 166 Å². The molecule has 3 rings (SSSR count). The van der Waals surface area contributed by atoms with E-state index >= 15 is 0 Å². The van der Waals surface area contributed by atoms with Gasteiger partial charge in [0.1, 0.15) is 0 Å². The minimum absolute atomic E-state index is 0.137. The van der Waals surface area contributed by atoms with Gasteiger partial charge < -0.3 is 15.5 Å². The van der Waals surface area contributed by atoms with Crippen LogP contribution < -0.4 is 10.6 Å². The summed E-state index contributed by atoms with van der Waals surface area (Å²) in [6, 6.07) is 17.8. The summed E-state index contributed by atoms with van der Waals surface area (Å²) in [6.45, 7) is 5.11. The Morgan fingerprint density at radius 3 is 2.33 bits per heavy atom. The molecule has 144 valence electrons. The minimum atomic E-state index is -0.146. The van der Waals surface area contributed by atoms with Crippen LogP contribution in [0, 0.1) is 0 Å². The van der Waals surface area contributed by atoms with Gasteiger partial charge in [0.25, 0.3) is 0 Å². The molecule has 0 radical (unpaired) electrons. The average molecular weight is 387 g/mol. The Morgan fingerprint density at radius 2 is 1.67 bits per heavy atom. The second-order valence-corrected chi connectivity index (χ2v) is 7.39. The van der Waals surface area contributed by atoms with Crippen LogP contribution in [0.2, 0.25) is 5.02 Å². The zero-order valence-electron chi connectivity index (χ0n) is 15.7. The fraction of sp³-hybridized carbons (Fsp3) is 0.381. The van der Waals surface area contributed by atoms with Crippen molar-refractivity contribution in [3.63, 3.8) is 0 Å². The highest BCUT2D eigenvalue weighted by Gasteiger charge is 2.24. The number of rotatable bonds is 6. The SMILES string of the molecule is CN1CCN(C(CNC(=O)NCc2ccccc2)c2ccc(Cl)cc2)CC1. The average Bonchev–Trinajstić information content (AvgIpc) is 2.70. The smallest absolute Gasteiger partial charge is 0.315 e. The molecule has 1 heterocycles. The molecule has 1 fully saturated rings. The third-order valence-electron chi connectivity index (χ3n) is 4.99. The number of likely N-dealkylation sites (N-methyl/N-ethyl adjacent to an activating group) is 1. The van der Waals surface area contributed by atoms with Gasteiger partial charge in [0.05, 0.1) is 6.04 Å². The highest BCUT2D eigenvalue weighted by molar-refractivity contribution is 6.30. The third-order valence-corrected chi connectivity index (χ3v) is 5.24. The van der Waals surface area contributed by atoms with E-state index in [1.165, 1.54) is 5.56 Å². The number of benzene rings is 2. The van der Waals surface area contributed by atoms with Crippen LogP contribution in [-0.4, -0.2) is 55.6 Å². The summed E-state index contributed by atoms with van der Waals surface area (Å²) in [7, 11) is 2.14. The van der Waals surface area contributed by atoms with Crippen molar-refractivity contribution in [3.8, 4) is 0 Å². The van der Waals surface area contributed by atoms with Crippen molar-refractivity contribution in [3.05, 3.63) is 70.7 Å². The summed E-state index contributed by atoms with van der Waals surface area (Å²) in [5, 5.41) is 6.69. The number of hydrogen-bond donors (Lipinski definition) is 2. The van der Waals surface area contributed by atoms with E-state index in [1.807, 2.05) is 42.5 Å². The highest BCUT2D eigenvalue weighted by atomic mass is 35.5. The van der Waals surface area contributed by atoms with Crippen LogP contribution in [0.25, 0.3) is 0 Å². The number of nitrogens with one attached hydrogen (secondary N) is 2. The molecule has 1 atom stereocenters. The molecule has 27 heavy (non-hydrogen) atoms. The van der Waals surface area contributed by atoms with Crippen LogP contribution in [0.15, 0.2) is 54.6 Å². The van der Waals surface area contributed by atoms with Crippen molar-refractivity contribution < 1.29 is 4.79 Å². The van der Waals surface area contributed by atoms with Gasteiger partial charge in [-0.05, 0) is 30.3 Å². The minimum Gasteiger partial charge on any atom is -0.336 e. The van der Waals surface area contributed by atoms with E-state index in [2.05, 4.69) is 39.6 Å². The molecule has 0 saturated carbocycles. The van der Waals surface area contributed by atoms with Gasteiger partial charge in [-0.25, -0.2) is 4.79 Å².